The van der Waals surface area contributed by atoms with Crippen molar-refractivity contribution in [3.8, 4) is 5.75 Å². The van der Waals surface area contributed by atoms with Crippen LogP contribution in [0.25, 0.3) is 0 Å². The fourth-order valence-electron chi connectivity index (χ4n) is 1.36. The molecule has 0 aliphatic rings. The first-order valence-corrected chi connectivity index (χ1v) is 4.73. The van der Waals surface area contributed by atoms with Crippen molar-refractivity contribution < 1.29 is 14.6 Å². The molecule has 0 bridgehead atoms. The lowest BCUT2D eigenvalue weighted by molar-refractivity contribution is -0.141. The van der Waals surface area contributed by atoms with Crippen LogP contribution in [0.2, 0.25) is 0 Å². The molecular formula is C11H16ClNO3. The van der Waals surface area contributed by atoms with Gasteiger partial charge in [0.1, 0.15) is 5.75 Å². The van der Waals surface area contributed by atoms with Crippen LogP contribution < -0.4 is 10.5 Å². The van der Waals surface area contributed by atoms with Crippen LogP contribution in [0.3, 0.4) is 0 Å². The minimum atomic E-state index is -0.861. The van der Waals surface area contributed by atoms with E-state index >= 15 is 0 Å². The Morgan fingerprint density at radius 3 is 2.75 bits per heavy atom. The molecule has 0 heterocycles. The number of halogens is 1. The van der Waals surface area contributed by atoms with Crippen LogP contribution in [0.15, 0.2) is 24.3 Å². The molecule has 1 aromatic rings. The highest BCUT2D eigenvalue weighted by Gasteiger charge is 2.15. The van der Waals surface area contributed by atoms with Crippen LogP contribution in [-0.4, -0.2) is 24.7 Å². The van der Waals surface area contributed by atoms with Gasteiger partial charge in [-0.2, -0.15) is 0 Å². The minimum absolute atomic E-state index is 0. The van der Waals surface area contributed by atoms with Crippen LogP contribution in [-0.2, 0) is 11.2 Å². The molecule has 90 valence electrons. The second-order valence-electron chi connectivity index (χ2n) is 3.33. The van der Waals surface area contributed by atoms with Crippen molar-refractivity contribution in [1.29, 1.82) is 0 Å². The van der Waals surface area contributed by atoms with E-state index in [1.54, 1.807) is 7.11 Å². The molecule has 0 amide bonds. The molecular weight excluding hydrogens is 230 g/mol. The molecule has 0 saturated heterocycles. The first-order chi connectivity index (χ1) is 7.17. The van der Waals surface area contributed by atoms with E-state index in [2.05, 4.69) is 0 Å². The fraction of sp³-hybridized carbons (Fsp3) is 0.364. The van der Waals surface area contributed by atoms with Gasteiger partial charge in [-0.15, -0.1) is 12.4 Å². The van der Waals surface area contributed by atoms with Crippen LogP contribution in [0, 0.1) is 5.92 Å². The highest BCUT2D eigenvalue weighted by atomic mass is 35.5. The van der Waals surface area contributed by atoms with Crippen LogP contribution in [0.1, 0.15) is 5.56 Å². The second-order valence-corrected chi connectivity index (χ2v) is 3.33. The average Bonchev–Trinajstić information content (AvgIpc) is 2.25. The zero-order chi connectivity index (χ0) is 11.3. The second kappa shape index (κ2) is 7.09. The lowest BCUT2D eigenvalue weighted by Crippen LogP contribution is -2.25. The van der Waals surface area contributed by atoms with Crippen LogP contribution in [0.4, 0.5) is 0 Å². The van der Waals surface area contributed by atoms with Crippen molar-refractivity contribution in [3.63, 3.8) is 0 Å². The number of methoxy groups -OCH3 is 1. The van der Waals surface area contributed by atoms with E-state index in [4.69, 9.17) is 15.6 Å². The number of hydrogen-bond acceptors (Lipinski definition) is 3. The van der Waals surface area contributed by atoms with Crippen molar-refractivity contribution in [1.82, 2.24) is 0 Å². The van der Waals surface area contributed by atoms with Gasteiger partial charge in [0.25, 0.3) is 0 Å². The first kappa shape index (κ1) is 14.7. The van der Waals surface area contributed by atoms with Gasteiger partial charge in [0.05, 0.1) is 13.0 Å². The maximum atomic E-state index is 10.8. The molecule has 0 unspecified atom stereocenters. The van der Waals surface area contributed by atoms with E-state index in [0.29, 0.717) is 6.42 Å². The van der Waals surface area contributed by atoms with E-state index in [1.807, 2.05) is 24.3 Å². The number of aliphatic carboxylic acids is 1. The van der Waals surface area contributed by atoms with Gasteiger partial charge in [0.2, 0.25) is 0 Å². The Bertz CT molecular complexity index is 344. The lowest BCUT2D eigenvalue weighted by Gasteiger charge is -2.10. The molecule has 0 fully saturated rings. The molecule has 1 rings (SSSR count). The third-order valence-corrected chi connectivity index (χ3v) is 2.25. The zero-order valence-corrected chi connectivity index (χ0v) is 9.87. The molecule has 0 aliphatic heterocycles. The van der Waals surface area contributed by atoms with Gasteiger partial charge in [0, 0.05) is 6.54 Å². The molecule has 0 spiro atoms. The van der Waals surface area contributed by atoms with Crippen molar-refractivity contribution in [2.75, 3.05) is 13.7 Å². The van der Waals surface area contributed by atoms with Gasteiger partial charge in [0.15, 0.2) is 0 Å². The molecule has 0 aliphatic carbocycles. The van der Waals surface area contributed by atoms with Crippen molar-refractivity contribution in [2.24, 2.45) is 11.7 Å². The summed E-state index contributed by atoms with van der Waals surface area (Å²) >= 11 is 0. The Kier molecular flexibility index (Phi) is 6.53. The monoisotopic (exact) mass is 245 g/mol. The van der Waals surface area contributed by atoms with E-state index in [9.17, 15) is 4.79 Å². The summed E-state index contributed by atoms with van der Waals surface area (Å²) in [6.45, 7) is 0.145. The fourth-order valence-corrected chi connectivity index (χ4v) is 1.36. The zero-order valence-electron chi connectivity index (χ0n) is 9.05. The summed E-state index contributed by atoms with van der Waals surface area (Å²) < 4.78 is 5.05. The topological polar surface area (TPSA) is 72.5 Å². The summed E-state index contributed by atoms with van der Waals surface area (Å²) in [6, 6.07) is 7.35. The van der Waals surface area contributed by atoms with E-state index in [1.165, 1.54) is 0 Å². The number of rotatable bonds is 5. The Labute approximate surface area is 101 Å². The van der Waals surface area contributed by atoms with Crippen molar-refractivity contribution in [2.45, 2.75) is 6.42 Å². The summed E-state index contributed by atoms with van der Waals surface area (Å²) in [5.41, 5.74) is 6.30. The van der Waals surface area contributed by atoms with Crippen LogP contribution >= 0.6 is 12.4 Å². The smallest absolute Gasteiger partial charge is 0.308 e. The summed E-state index contributed by atoms with van der Waals surface area (Å²) in [5.74, 6) is -0.661. The average molecular weight is 246 g/mol. The maximum absolute atomic E-state index is 10.8. The molecule has 0 radical (unpaired) electrons. The number of carboxylic acid groups (broad SMARTS) is 1. The number of carboxylic acids is 1. The number of nitrogens with two attached hydrogens (primary N) is 1. The highest BCUT2D eigenvalue weighted by Crippen LogP contribution is 2.15. The SMILES string of the molecule is COc1cccc(C[C@H](CN)C(=O)O)c1.Cl. The normalized spacial score (nSPS) is 11.4. The van der Waals surface area contributed by atoms with E-state index < -0.39 is 11.9 Å². The minimum Gasteiger partial charge on any atom is -0.497 e. The molecule has 1 atom stereocenters. The van der Waals surface area contributed by atoms with E-state index in [0.717, 1.165) is 11.3 Å². The largest absolute Gasteiger partial charge is 0.497 e. The summed E-state index contributed by atoms with van der Waals surface area (Å²) in [6.07, 6.45) is 0.434. The molecule has 5 heteroatoms. The standard InChI is InChI=1S/C11H15NO3.ClH/c1-15-10-4-2-3-8(6-10)5-9(7-12)11(13)14;/h2-4,6,9H,5,7,12H2,1H3,(H,13,14);1H/t9-;/m1./s1. The van der Waals surface area contributed by atoms with E-state index in [-0.39, 0.29) is 19.0 Å². The molecule has 3 N–H and O–H groups in total. The third kappa shape index (κ3) is 4.08. The molecule has 0 saturated carbocycles. The Balaban J connectivity index is 0.00000225. The quantitative estimate of drug-likeness (QED) is 0.821. The maximum Gasteiger partial charge on any atom is 0.308 e. The number of hydrogen-bond donors (Lipinski definition) is 2. The number of ether oxygens (including phenoxy) is 1. The highest BCUT2D eigenvalue weighted by molar-refractivity contribution is 5.85. The Hall–Kier alpha value is -1.26. The summed E-state index contributed by atoms with van der Waals surface area (Å²) in [4.78, 5) is 10.8. The molecule has 16 heavy (non-hydrogen) atoms. The molecule has 0 aromatic heterocycles. The van der Waals surface area contributed by atoms with Crippen LogP contribution in [0.5, 0.6) is 5.75 Å². The summed E-state index contributed by atoms with van der Waals surface area (Å²) in [5, 5.41) is 8.85. The van der Waals surface area contributed by atoms with Gasteiger partial charge < -0.3 is 15.6 Å². The summed E-state index contributed by atoms with van der Waals surface area (Å²) in [7, 11) is 1.58. The lowest BCUT2D eigenvalue weighted by atomic mass is 9.99. The van der Waals surface area contributed by atoms with Crippen molar-refractivity contribution in [3.05, 3.63) is 29.8 Å². The predicted molar refractivity (Wildman–Crippen MR) is 64.1 cm³/mol. The predicted octanol–water partition coefficient (Wildman–Crippen LogP) is 1.32. The Morgan fingerprint density at radius 2 is 2.25 bits per heavy atom. The molecule has 4 nitrogen and oxygen atoms in total. The van der Waals surface area contributed by atoms with Crippen molar-refractivity contribution >= 4 is 18.4 Å². The van der Waals surface area contributed by atoms with Gasteiger partial charge in [-0.3, -0.25) is 4.79 Å². The van der Waals surface area contributed by atoms with Gasteiger partial charge in [-0.05, 0) is 24.1 Å². The number of carbonyl (C=O) groups is 1. The molecule has 1 aromatic carbocycles. The van der Waals surface area contributed by atoms with Gasteiger partial charge in [-0.25, -0.2) is 0 Å². The third-order valence-electron chi connectivity index (χ3n) is 2.25. The first-order valence-electron chi connectivity index (χ1n) is 4.73. The number of benzene rings is 1. The Morgan fingerprint density at radius 1 is 1.56 bits per heavy atom. The van der Waals surface area contributed by atoms with Gasteiger partial charge in [-0.1, -0.05) is 12.1 Å². The van der Waals surface area contributed by atoms with Gasteiger partial charge >= 0.3 is 5.97 Å².